The van der Waals surface area contributed by atoms with E-state index >= 15 is 0 Å². The number of hydrogen-bond acceptors (Lipinski definition) is 4. The minimum absolute atomic E-state index is 0.0668. The lowest BCUT2D eigenvalue weighted by molar-refractivity contribution is -0.141. The number of hydrogen-bond donors (Lipinski definition) is 1. The minimum Gasteiger partial charge on any atom is -0.493 e. The second-order valence-corrected chi connectivity index (χ2v) is 6.50. The van der Waals surface area contributed by atoms with Crippen LogP contribution in [0.4, 0.5) is 13.2 Å². The van der Waals surface area contributed by atoms with Crippen LogP contribution in [0, 0.1) is 12.8 Å². The zero-order valence-electron chi connectivity index (χ0n) is 14.8. The van der Waals surface area contributed by atoms with Crippen molar-refractivity contribution in [1.82, 2.24) is 15.3 Å². The SMILES string of the molecule is Cc1cc(C(F)(F)F)nc(CCNC(=O)[C@H]2CCOc3ccccc3C2)n1. The van der Waals surface area contributed by atoms with Gasteiger partial charge in [-0.25, -0.2) is 9.97 Å². The summed E-state index contributed by atoms with van der Waals surface area (Å²) in [7, 11) is 0. The van der Waals surface area contributed by atoms with Crippen molar-refractivity contribution in [2.24, 2.45) is 5.92 Å². The summed E-state index contributed by atoms with van der Waals surface area (Å²) < 4.78 is 44.1. The number of nitrogens with zero attached hydrogens (tertiary/aromatic N) is 2. The maximum Gasteiger partial charge on any atom is 0.433 e. The molecule has 2 aromatic rings. The van der Waals surface area contributed by atoms with Crippen LogP contribution in [-0.2, 0) is 23.8 Å². The number of benzene rings is 1. The number of aryl methyl sites for hydroxylation is 1. The number of halogens is 3. The third kappa shape index (κ3) is 4.96. The van der Waals surface area contributed by atoms with Crippen molar-refractivity contribution in [3.05, 3.63) is 53.1 Å². The number of carbonyl (C=O) groups excluding carboxylic acids is 1. The minimum atomic E-state index is -4.51. The third-order valence-corrected chi connectivity index (χ3v) is 4.37. The van der Waals surface area contributed by atoms with Crippen molar-refractivity contribution >= 4 is 5.91 Å². The Labute approximate surface area is 155 Å². The number of nitrogens with one attached hydrogen (secondary N) is 1. The molecular weight excluding hydrogens is 359 g/mol. The first kappa shape index (κ1) is 19.1. The Morgan fingerprint density at radius 2 is 2.07 bits per heavy atom. The van der Waals surface area contributed by atoms with Crippen LogP contribution in [0.1, 0.15) is 29.2 Å². The molecule has 1 atom stereocenters. The molecule has 3 rings (SSSR count). The van der Waals surface area contributed by atoms with Crippen LogP contribution in [0.25, 0.3) is 0 Å². The van der Waals surface area contributed by atoms with E-state index in [2.05, 4.69) is 15.3 Å². The highest BCUT2D eigenvalue weighted by Crippen LogP contribution is 2.28. The molecule has 27 heavy (non-hydrogen) atoms. The first-order valence-corrected chi connectivity index (χ1v) is 8.73. The first-order chi connectivity index (χ1) is 12.8. The van der Waals surface area contributed by atoms with Gasteiger partial charge in [-0.05, 0) is 37.5 Å². The first-order valence-electron chi connectivity index (χ1n) is 8.73. The van der Waals surface area contributed by atoms with Crippen molar-refractivity contribution in [2.75, 3.05) is 13.2 Å². The normalized spacial score (nSPS) is 16.8. The molecule has 0 radical (unpaired) electrons. The van der Waals surface area contributed by atoms with Gasteiger partial charge in [-0.15, -0.1) is 0 Å². The largest absolute Gasteiger partial charge is 0.493 e. The van der Waals surface area contributed by atoms with Crippen molar-refractivity contribution in [1.29, 1.82) is 0 Å². The van der Waals surface area contributed by atoms with Crippen LogP contribution in [0.3, 0.4) is 0 Å². The van der Waals surface area contributed by atoms with Gasteiger partial charge in [0.1, 0.15) is 17.3 Å². The summed E-state index contributed by atoms with van der Waals surface area (Å²) >= 11 is 0. The van der Waals surface area contributed by atoms with Crippen molar-refractivity contribution in [3.8, 4) is 5.75 Å². The van der Waals surface area contributed by atoms with Crippen LogP contribution in [0.15, 0.2) is 30.3 Å². The Balaban J connectivity index is 1.58. The van der Waals surface area contributed by atoms with Gasteiger partial charge in [0.15, 0.2) is 0 Å². The van der Waals surface area contributed by atoms with E-state index in [0.29, 0.717) is 19.4 Å². The van der Waals surface area contributed by atoms with Crippen LogP contribution < -0.4 is 10.1 Å². The fourth-order valence-corrected chi connectivity index (χ4v) is 3.04. The Morgan fingerprint density at radius 1 is 1.30 bits per heavy atom. The number of alkyl halides is 3. The smallest absolute Gasteiger partial charge is 0.433 e. The van der Waals surface area contributed by atoms with E-state index in [9.17, 15) is 18.0 Å². The van der Waals surface area contributed by atoms with Gasteiger partial charge in [0.05, 0.1) is 6.61 Å². The average molecular weight is 379 g/mol. The van der Waals surface area contributed by atoms with E-state index in [0.717, 1.165) is 17.4 Å². The maximum atomic E-state index is 12.8. The number of rotatable bonds is 4. The van der Waals surface area contributed by atoms with E-state index in [4.69, 9.17) is 4.74 Å². The van der Waals surface area contributed by atoms with Gasteiger partial charge in [0.2, 0.25) is 5.91 Å². The standard InChI is InChI=1S/C19H20F3N3O2/c1-12-10-16(19(20,21)22)25-17(24-12)6-8-23-18(26)14-7-9-27-15-5-3-2-4-13(15)11-14/h2-5,10,14H,6-9,11H2,1H3,(H,23,26)/t14-/m0/s1. The number of ether oxygens (including phenoxy) is 1. The number of fused-ring (bicyclic) bond motifs is 1. The molecule has 0 fully saturated rings. The summed E-state index contributed by atoms with van der Waals surface area (Å²) in [5, 5.41) is 2.78. The predicted molar refractivity (Wildman–Crippen MR) is 92.2 cm³/mol. The van der Waals surface area contributed by atoms with E-state index in [-0.39, 0.29) is 36.3 Å². The van der Waals surface area contributed by atoms with Crippen LogP contribution >= 0.6 is 0 Å². The van der Waals surface area contributed by atoms with Gasteiger partial charge < -0.3 is 10.1 Å². The summed E-state index contributed by atoms with van der Waals surface area (Å²) in [6.07, 6.45) is -3.23. The summed E-state index contributed by atoms with van der Waals surface area (Å²) in [4.78, 5) is 20.0. The van der Waals surface area contributed by atoms with E-state index in [1.54, 1.807) is 0 Å². The topological polar surface area (TPSA) is 64.1 Å². The average Bonchev–Trinajstić information content (AvgIpc) is 2.83. The fraction of sp³-hybridized carbons (Fsp3) is 0.421. The monoisotopic (exact) mass is 379 g/mol. The van der Waals surface area contributed by atoms with Crippen LogP contribution in [-0.4, -0.2) is 29.0 Å². The molecular formula is C19H20F3N3O2. The van der Waals surface area contributed by atoms with Crippen molar-refractivity contribution in [3.63, 3.8) is 0 Å². The van der Waals surface area contributed by atoms with Gasteiger partial charge in [-0.3, -0.25) is 4.79 Å². The second kappa shape index (κ2) is 7.94. The lowest BCUT2D eigenvalue weighted by Gasteiger charge is -2.14. The molecule has 0 aliphatic carbocycles. The van der Waals surface area contributed by atoms with E-state index in [1.165, 1.54) is 6.92 Å². The van der Waals surface area contributed by atoms with E-state index in [1.807, 2.05) is 24.3 Å². The Morgan fingerprint density at radius 3 is 2.85 bits per heavy atom. The molecule has 5 nitrogen and oxygen atoms in total. The van der Waals surface area contributed by atoms with Crippen molar-refractivity contribution in [2.45, 2.75) is 32.4 Å². The summed E-state index contributed by atoms with van der Waals surface area (Å²) in [6, 6.07) is 8.50. The Bertz CT molecular complexity index is 824. The third-order valence-electron chi connectivity index (χ3n) is 4.37. The number of carbonyl (C=O) groups is 1. The highest BCUT2D eigenvalue weighted by molar-refractivity contribution is 5.79. The second-order valence-electron chi connectivity index (χ2n) is 6.50. The molecule has 0 bridgehead atoms. The lowest BCUT2D eigenvalue weighted by atomic mass is 9.96. The molecule has 1 N–H and O–H groups in total. The molecule has 0 saturated carbocycles. The molecule has 1 aliphatic heterocycles. The fourth-order valence-electron chi connectivity index (χ4n) is 3.04. The predicted octanol–water partition coefficient (Wildman–Crippen LogP) is 3.10. The number of amides is 1. The van der Waals surface area contributed by atoms with Gasteiger partial charge >= 0.3 is 6.18 Å². The van der Waals surface area contributed by atoms with Crippen molar-refractivity contribution < 1.29 is 22.7 Å². The molecule has 0 saturated heterocycles. The summed E-state index contributed by atoms with van der Waals surface area (Å²) in [5.41, 5.74) is 0.261. The number of aromatic nitrogens is 2. The molecule has 0 spiro atoms. The van der Waals surface area contributed by atoms with Gasteiger partial charge in [0, 0.05) is 24.6 Å². The summed E-state index contributed by atoms with van der Waals surface area (Å²) in [6.45, 7) is 2.12. The lowest BCUT2D eigenvalue weighted by Crippen LogP contribution is -2.34. The quantitative estimate of drug-likeness (QED) is 0.887. The van der Waals surface area contributed by atoms with E-state index < -0.39 is 11.9 Å². The highest BCUT2D eigenvalue weighted by atomic mass is 19.4. The van der Waals surface area contributed by atoms with Gasteiger partial charge in [-0.2, -0.15) is 13.2 Å². The molecule has 8 heteroatoms. The zero-order chi connectivity index (χ0) is 19.4. The van der Waals surface area contributed by atoms with Crippen LogP contribution in [0.5, 0.6) is 5.75 Å². The number of para-hydroxylation sites is 1. The Kier molecular flexibility index (Phi) is 5.62. The molecule has 144 valence electrons. The van der Waals surface area contributed by atoms with Crippen LogP contribution in [0.2, 0.25) is 0 Å². The van der Waals surface area contributed by atoms with Gasteiger partial charge in [0.25, 0.3) is 0 Å². The molecule has 1 aromatic heterocycles. The Hall–Kier alpha value is -2.64. The summed E-state index contributed by atoms with van der Waals surface area (Å²) in [5.74, 6) is 0.481. The molecule has 1 aromatic carbocycles. The molecule has 2 heterocycles. The highest BCUT2D eigenvalue weighted by Gasteiger charge is 2.33. The molecule has 1 aliphatic rings. The maximum absolute atomic E-state index is 12.8. The van der Waals surface area contributed by atoms with Gasteiger partial charge in [-0.1, -0.05) is 18.2 Å². The molecule has 1 amide bonds. The zero-order valence-corrected chi connectivity index (χ0v) is 14.8. The molecule has 0 unspecified atom stereocenters.